The van der Waals surface area contributed by atoms with Crippen LogP contribution in [0.3, 0.4) is 0 Å². The first-order valence-corrected chi connectivity index (χ1v) is 21.1. The van der Waals surface area contributed by atoms with Crippen LogP contribution in [-0.2, 0) is 9.84 Å². The van der Waals surface area contributed by atoms with Gasteiger partial charge in [0.25, 0.3) is 0 Å². The minimum atomic E-state index is -3.38. The van der Waals surface area contributed by atoms with Crippen LogP contribution in [0.1, 0.15) is 20.8 Å². The van der Waals surface area contributed by atoms with E-state index in [2.05, 4.69) is 71.1 Å². The van der Waals surface area contributed by atoms with Gasteiger partial charge in [-0.05, 0) is 31.1 Å². The Morgan fingerprint density at radius 3 is 1.20 bits per heavy atom. The molecule has 0 aliphatic rings. The summed E-state index contributed by atoms with van der Waals surface area (Å²) in [5.74, 6) is 0. The number of hydrogen-bond acceptors (Lipinski definition) is 2. The summed E-state index contributed by atoms with van der Waals surface area (Å²) in [5, 5.41) is 3.68. The molecule has 2 nitrogen and oxygen atoms in total. The van der Waals surface area contributed by atoms with Crippen LogP contribution >= 0.6 is 0 Å². The number of hydrogen-bond donors (Lipinski definition) is 0. The summed E-state index contributed by atoms with van der Waals surface area (Å²) >= 11 is 0. The van der Waals surface area contributed by atoms with Gasteiger partial charge in [0, 0.05) is 0 Å². The van der Waals surface area contributed by atoms with Crippen molar-refractivity contribution in [2.24, 2.45) is 0 Å². The molecule has 0 fully saturated rings. The second-order valence-electron chi connectivity index (χ2n) is 11.3. The highest BCUT2D eigenvalue weighted by atomic mass is 32.2. The van der Waals surface area contributed by atoms with E-state index < -0.39 is 38.8 Å². The number of sulfone groups is 1. The van der Waals surface area contributed by atoms with Gasteiger partial charge in [0.15, 0.2) is 9.84 Å². The second-order valence-corrected chi connectivity index (χ2v) is 29.1. The van der Waals surface area contributed by atoms with Crippen molar-refractivity contribution >= 4 is 49.6 Å². The summed E-state index contributed by atoms with van der Waals surface area (Å²) in [6, 6.07) is 4.53. The quantitative estimate of drug-likeness (QED) is 0.700. The summed E-state index contributed by atoms with van der Waals surface area (Å²) in [6.45, 7) is 26.2. The third kappa shape index (κ3) is 4.76. The van der Waals surface area contributed by atoms with E-state index >= 15 is 0 Å². The lowest BCUT2D eigenvalue weighted by Gasteiger charge is -2.34. The predicted octanol–water partition coefficient (Wildman–Crippen LogP) is 3.89. The topological polar surface area (TPSA) is 34.1 Å². The van der Waals surface area contributed by atoms with Crippen molar-refractivity contribution in [2.75, 3.05) is 0 Å². The van der Waals surface area contributed by atoms with E-state index in [0.717, 1.165) is 10.4 Å². The van der Waals surface area contributed by atoms with Gasteiger partial charge in [-0.25, -0.2) is 8.42 Å². The molecule has 144 valence electrons. The molecule has 0 aliphatic carbocycles. The first-order valence-electron chi connectivity index (χ1n) is 9.15. The molecule has 0 heterocycles. The molecule has 1 rings (SSSR count). The van der Waals surface area contributed by atoms with Gasteiger partial charge in [0.05, 0.1) is 33.9 Å². The van der Waals surface area contributed by atoms with Crippen LogP contribution in [0, 0.1) is 0 Å². The minimum Gasteiger partial charge on any atom is -0.223 e. The molecule has 0 bridgehead atoms. The van der Waals surface area contributed by atoms with E-state index in [4.69, 9.17) is 0 Å². The zero-order valence-electron chi connectivity index (χ0n) is 18.4. The molecule has 0 saturated heterocycles. The molecule has 6 heteroatoms. The van der Waals surface area contributed by atoms with Crippen LogP contribution in [0.4, 0.5) is 0 Å². The van der Waals surface area contributed by atoms with E-state index in [1.165, 1.54) is 5.19 Å². The Kier molecular flexibility index (Phi) is 5.91. The summed E-state index contributed by atoms with van der Waals surface area (Å²) in [7, 11) is -8.56. The fraction of sp³-hybridized carbons (Fsp3) is 0.684. The Morgan fingerprint density at radius 2 is 1.00 bits per heavy atom. The average Bonchev–Trinajstić information content (AvgIpc) is 2.32. The second kappa shape index (κ2) is 6.46. The normalized spacial score (nSPS) is 14.7. The Labute approximate surface area is 159 Å². The lowest BCUT2D eigenvalue weighted by atomic mass is 10.3. The van der Waals surface area contributed by atoms with Crippen molar-refractivity contribution in [3.8, 4) is 0 Å². The van der Waals surface area contributed by atoms with Crippen molar-refractivity contribution in [3.63, 3.8) is 0 Å². The van der Waals surface area contributed by atoms with E-state index in [-0.39, 0.29) is 0 Å². The number of benzene rings is 1. The van der Waals surface area contributed by atoms with Crippen molar-refractivity contribution in [1.82, 2.24) is 0 Å². The maximum atomic E-state index is 13.6. The van der Waals surface area contributed by atoms with Gasteiger partial charge in [0.1, 0.15) is 0 Å². The van der Waals surface area contributed by atoms with Crippen molar-refractivity contribution < 1.29 is 8.42 Å². The van der Waals surface area contributed by atoms with E-state index in [1.54, 1.807) is 0 Å². The third-order valence-electron chi connectivity index (χ3n) is 4.65. The molecule has 0 aliphatic heterocycles. The molecule has 0 atom stereocenters. The maximum Gasteiger partial charge on any atom is 0.183 e. The fourth-order valence-electron chi connectivity index (χ4n) is 2.77. The first-order chi connectivity index (χ1) is 10.7. The Hall–Kier alpha value is -0.179. The summed E-state index contributed by atoms with van der Waals surface area (Å²) < 4.78 is 26.4. The lowest BCUT2D eigenvalue weighted by Crippen LogP contribution is -2.56. The molecule has 0 radical (unpaired) electrons. The monoisotopic (exact) mass is 414 g/mol. The average molecular weight is 415 g/mol. The molecule has 0 unspecified atom stereocenters. The van der Waals surface area contributed by atoms with Gasteiger partial charge in [-0.2, -0.15) is 0 Å². The van der Waals surface area contributed by atoms with Gasteiger partial charge < -0.3 is 0 Å². The highest BCUT2D eigenvalue weighted by Crippen LogP contribution is 2.26. The smallest absolute Gasteiger partial charge is 0.183 e. The van der Waals surface area contributed by atoms with Gasteiger partial charge >= 0.3 is 0 Å². The molecule has 1 aromatic rings. The zero-order valence-corrected chi connectivity index (χ0v) is 22.2. The van der Waals surface area contributed by atoms with Crippen molar-refractivity contribution in [2.45, 2.75) is 89.3 Å². The molecule has 0 saturated carbocycles. The van der Waals surface area contributed by atoms with E-state index in [9.17, 15) is 8.42 Å². The summed E-state index contributed by atoms with van der Waals surface area (Å²) in [6.07, 6.45) is 0. The van der Waals surface area contributed by atoms with Gasteiger partial charge in [-0.1, -0.05) is 76.2 Å². The minimum absolute atomic E-state index is 0.681. The zero-order chi connectivity index (χ0) is 20.2. The van der Waals surface area contributed by atoms with Crippen LogP contribution < -0.4 is 15.6 Å². The van der Waals surface area contributed by atoms with Crippen molar-refractivity contribution in [1.29, 1.82) is 0 Å². The highest BCUT2D eigenvalue weighted by Gasteiger charge is 2.41. The highest BCUT2D eigenvalue weighted by molar-refractivity contribution is 7.93. The van der Waals surface area contributed by atoms with Crippen LogP contribution in [0.15, 0.2) is 17.0 Å². The lowest BCUT2D eigenvalue weighted by molar-refractivity contribution is 0.561. The third-order valence-corrected chi connectivity index (χ3v) is 13.6. The molecule has 0 spiro atoms. The van der Waals surface area contributed by atoms with Crippen LogP contribution in [-0.4, -0.2) is 37.4 Å². The standard InChI is InChI=1S/C19H38O2SSi3/c1-19(2,3)22(20,21)18-16(24(7,8)9)13-15(23(4,5)6)14-17(18)25(10,11)12/h13-14H,1-12H3. The summed E-state index contributed by atoms with van der Waals surface area (Å²) in [4.78, 5) is 0.681. The number of rotatable bonds is 4. The molecule has 1 aromatic carbocycles. The SMILES string of the molecule is CC(C)(C)S(=O)(=O)c1c([Si](C)(C)C)cc([Si](C)(C)C)cc1[Si](C)(C)C. The first kappa shape index (κ1) is 22.9. The fourth-order valence-corrected chi connectivity index (χ4v) is 11.1. The molecule has 0 aromatic heterocycles. The van der Waals surface area contributed by atoms with E-state index in [1.807, 2.05) is 20.8 Å². The Balaban J connectivity index is 4.18. The maximum absolute atomic E-state index is 13.6. The van der Waals surface area contributed by atoms with Crippen molar-refractivity contribution in [3.05, 3.63) is 12.1 Å². The molecule has 0 N–H and O–H groups in total. The largest absolute Gasteiger partial charge is 0.223 e. The molecular formula is C19H38O2SSi3. The molecule has 0 amide bonds. The van der Waals surface area contributed by atoms with Gasteiger partial charge in [-0.15, -0.1) is 0 Å². The predicted molar refractivity (Wildman–Crippen MR) is 122 cm³/mol. The summed E-state index contributed by atoms with van der Waals surface area (Å²) in [5.41, 5.74) is 0. The van der Waals surface area contributed by atoms with Crippen LogP contribution in [0.25, 0.3) is 0 Å². The Morgan fingerprint density at radius 1 is 0.680 bits per heavy atom. The Bertz CT molecular complexity index is 719. The van der Waals surface area contributed by atoms with Crippen LogP contribution in [0.5, 0.6) is 0 Å². The van der Waals surface area contributed by atoms with E-state index in [0.29, 0.717) is 4.90 Å². The molecular weight excluding hydrogens is 377 g/mol. The molecule has 25 heavy (non-hydrogen) atoms. The van der Waals surface area contributed by atoms with Gasteiger partial charge in [-0.3, -0.25) is 0 Å². The van der Waals surface area contributed by atoms with Crippen LogP contribution in [0.2, 0.25) is 58.9 Å². The van der Waals surface area contributed by atoms with Gasteiger partial charge in [0.2, 0.25) is 0 Å².